The van der Waals surface area contributed by atoms with Crippen LogP contribution in [0.3, 0.4) is 0 Å². The number of nitrogens with zero attached hydrogens (tertiary/aromatic N) is 2. The number of carbonyl (C=O) groups excluding carboxylic acids is 3. The normalized spacial score (nSPS) is 19.0. The van der Waals surface area contributed by atoms with E-state index in [0.29, 0.717) is 11.3 Å². The molecule has 2 aliphatic rings. The molecule has 4 N–H and O–H groups in total. The summed E-state index contributed by atoms with van der Waals surface area (Å²) in [7, 11) is 0. The summed E-state index contributed by atoms with van der Waals surface area (Å²) in [5, 5.41) is 15.0. The summed E-state index contributed by atoms with van der Waals surface area (Å²) in [6, 6.07) is 6.02. The molecule has 1 saturated carbocycles. The predicted octanol–water partition coefficient (Wildman–Crippen LogP) is 2.40. The standard InChI is InChI=1S/C21H26N6O3/c28-18(25-21-24-17(26-27-21)11-9-13-5-1-2-6-13)12-10-16-20(30)22-15-8-4-3-7-14(15)19(29)23-16/h3-4,7-8,13,16H,1-2,5-6,9-12H2,(H,22,30)(H,23,29)(H2,24,25,26,27,28)/t16-/m1/s1. The number of aromatic nitrogens is 3. The van der Waals surface area contributed by atoms with Crippen molar-refractivity contribution in [2.45, 2.75) is 57.4 Å². The zero-order valence-corrected chi connectivity index (χ0v) is 16.7. The second-order valence-corrected chi connectivity index (χ2v) is 7.94. The Morgan fingerprint density at radius 3 is 2.77 bits per heavy atom. The molecule has 0 unspecified atom stereocenters. The number of anilines is 2. The lowest BCUT2D eigenvalue weighted by molar-refractivity contribution is -0.118. The molecule has 2 heterocycles. The van der Waals surface area contributed by atoms with Crippen LogP contribution in [0.1, 0.15) is 61.1 Å². The van der Waals surface area contributed by atoms with Crippen molar-refractivity contribution in [2.24, 2.45) is 5.92 Å². The monoisotopic (exact) mass is 410 g/mol. The van der Waals surface area contributed by atoms with E-state index < -0.39 is 6.04 Å². The van der Waals surface area contributed by atoms with Crippen LogP contribution in [0.4, 0.5) is 11.6 Å². The van der Waals surface area contributed by atoms with E-state index in [1.807, 2.05) is 0 Å². The Hall–Kier alpha value is -3.23. The highest BCUT2D eigenvalue weighted by Gasteiger charge is 2.28. The SMILES string of the molecule is O=C(CC[C@H]1NC(=O)c2ccccc2NC1=O)Nc1n[nH]c(CCC2CCCC2)n1. The Bertz CT molecular complexity index is 934. The largest absolute Gasteiger partial charge is 0.340 e. The highest BCUT2D eigenvalue weighted by atomic mass is 16.2. The number of fused-ring (bicyclic) bond motifs is 1. The van der Waals surface area contributed by atoms with E-state index in [0.717, 1.165) is 24.6 Å². The molecule has 1 aliphatic carbocycles. The zero-order valence-electron chi connectivity index (χ0n) is 16.7. The van der Waals surface area contributed by atoms with Crippen LogP contribution >= 0.6 is 0 Å². The van der Waals surface area contributed by atoms with E-state index in [9.17, 15) is 14.4 Å². The van der Waals surface area contributed by atoms with E-state index in [2.05, 4.69) is 31.1 Å². The van der Waals surface area contributed by atoms with Crippen molar-refractivity contribution in [3.05, 3.63) is 35.7 Å². The molecule has 0 bridgehead atoms. The number of aromatic amines is 1. The van der Waals surface area contributed by atoms with Gasteiger partial charge < -0.3 is 10.6 Å². The van der Waals surface area contributed by atoms with Gasteiger partial charge in [-0.05, 0) is 30.9 Å². The fraction of sp³-hybridized carbons (Fsp3) is 0.476. The molecule has 158 valence electrons. The van der Waals surface area contributed by atoms with Crippen molar-refractivity contribution in [3.63, 3.8) is 0 Å². The summed E-state index contributed by atoms with van der Waals surface area (Å²) >= 11 is 0. The minimum atomic E-state index is -0.787. The highest BCUT2D eigenvalue weighted by molar-refractivity contribution is 6.09. The van der Waals surface area contributed by atoms with Gasteiger partial charge in [-0.2, -0.15) is 4.98 Å². The van der Waals surface area contributed by atoms with E-state index >= 15 is 0 Å². The summed E-state index contributed by atoms with van der Waals surface area (Å²) < 4.78 is 0. The van der Waals surface area contributed by atoms with Crippen molar-refractivity contribution in [2.75, 3.05) is 10.6 Å². The van der Waals surface area contributed by atoms with Crippen LogP contribution in [0.2, 0.25) is 0 Å². The Morgan fingerprint density at radius 1 is 1.13 bits per heavy atom. The Morgan fingerprint density at radius 2 is 1.93 bits per heavy atom. The van der Waals surface area contributed by atoms with Crippen LogP contribution in [0.25, 0.3) is 0 Å². The van der Waals surface area contributed by atoms with Gasteiger partial charge in [0.15, 0.2) is 0 Å². The fourth-order valence-electron chi connectivity index (χ4n) is 4.08. The first-order valence-electron chi connectivity index (χ1n) is 10.5. The molecular weight excluding hydrogens is 384 g/mol. The molecule has 3 amide bonds. The quantitative estimate of drug-likeness (QED) is 0.557. The van der Waals surface area contributed by atoms with Crippen LogP contribution in [-0.2, 0) is 16.0 Å². The molecule has 0 radical (unpaired) electrons. The molecule has 2 aromatic rings. The minimum absolute atomic E-state index is 0.0562. The Labute approximate surface area is 174 Å². The fourth-order valence-corrected chi connectivity index (χ4v) is 4.08. The third-order valence-corrected chi connectivity index (χ3v) is 5.76. The number of rotatable bonds is 7. The summed E-state index contributed by atoms with van der Waals surface area (Å²) in [5.74, 6) is 0.789. The molecule has 1 atom stereocenters. The maximum absolute atomic E-state index is 12.4. The van der Waals surface area contributed by atoms with Crippen LogP contribution in [0.15, 0.2) is 24.3 Å². The molecule has 4 rings (SSSR count). The third-order valence-electron chi connectivity index (χ3n) is 5.76. The van der Waals surface area contributed by atoms with Crippen molar-refractivity contribution in [3.8, 4) is 0 Å². The lowest BCUT2D eigenvalue weighted by Crippen LogP contribution is -2.41. The molecule has 0 saturated heterocycles. The molecule has 1 aromatic carbocycles. The van der Waals surface area contributed by atoms with Gasteiger partial charge in [-0.3, -0.25) is 24.8 Å². The van der Waals surface area contributed by atoms with Crippen LogP contribution < -0.4 is 16.0 Å². The molecule has 1 aromatic heterocycles. The first-order chi connectivity index (χ1) is 14.6. The van der Waals surface area contributed by atoms with Crippen molar-refractivity contribution < 1.29 is 14.4 Å². The first kappa shape index (κ1) is 20.1. The van der Waals surface area contributed by atoms with Gasteiger partial charge in [0.25, 0.3) is 5.91 Å². The van der Waals surface area contributed by atoms with E-state index in [4.69, 9.17) is 0 Å². The van der Waals surface area contributed by atoms with Crippen LogP contribution in [-0.4, -0.2) is 38.9 Å². The number of para-hydroxylation sites is 1. The maximum Gasteiger partial charge on any atom is 0.254 e. The molecule has 30 heavy (non-hydrogen) atoms. The predicted molar refractivity (Wildman–Crippen MR) is 111 cm³/mol. The van der Waals surface area contributed by atoms with Crippen molar-refractivity contribution in [1.29, 1.82) is 0 Å². The number of nitrogens with one attached hydrogen (secondary N) is 4. The van der Waals surface area contributed by atoms with Gasteiger partial charge in [0.05, 0.1) is 11.3 Å². The number of aryl methyl sites for hydroxylation is 1. The summed E-state index contributed by atoms with van der Waals surface area (Å²) in [6.45, 7) is 0. The lowest BCUT2D eigenvalue weighted by atomic mass is 10.0. The van der Waals surface area contributed by atoms with E-state index in [1.54, 1.807) is 24.3 Å². The molecule has 9 nitrogen and oxygen atoms in total. The summed E-state index contributed by atoms with van der Waals surface area (Å²) in [5.41, 5.74) is 0.876. The number of amides is 3. The average Bonchev–Trinajstić information content (AvgIpc) is 3.39. The second kappa shape index (κ2) is 9.06. The number of hydrogen-bond acceptors (Lipinski definition) is 5. The lowest BCUT2D eigenvalue weighted by Gasteiger charge is -2.13. The van der Waals surface area contributed by atoms with Crippen molar-refractivity contribution in [1.82, 2.24) is 20.5 Å². The second-order valence-electron chi connectivity index (χ2n) is 7.94. The van der Waals surface area contributed by atoms with Gasteiger partial charge >= 0.3 is 0 Å². The van der Waals surface area contributed by atoms with Gasteiger partial charge in [-0.25, -0.2) is 0 Å². The molecule has 1 fully saturated rings. The number of carbonyl (C=O) groups is 3. The number of H-pyrrole nitrogens is 1. The smallest absolute Gasteiger partial charge is 0.254 e. The van der Waals surface area contributed by atoms with Gasteiger partial charge in [-0.1, -0.05) is 37.8 Å². The average molecular weight is 410 g/mol. The van der Waals surface area contributed by atoms with Gasteiger partial charge in [0.1, 0.15) is 11.9 Å². The van der Waals surface area contributed by atoms with Gasteiger partial charge in [0.2, 0.25) is 17.8 Å². The highest BCUT2D eigenvalue weighted by Crippen LogP contribution is 2.28. The maximum atomic E-state index is 12.4. The molecule has 0 spiro atoms. The molecule has 9 heteroatoms. The number of benzene rings is 1. The van der Waals surface area contributed by atoms with Gasteiger partial charge in [-0.15, -0.1) is 5.10 Å². The third kappa shape index (κ3) is 4.84. The zero-order chi connectivity index (χ0) is 20.9. The molecular formula is C21H26N6O3. The molecule has 1 aliphatic heterocycles. The Kier molecular flexibility index (Phi) is 6.06. The first-order valence-corrected chi connectivity index (χ1v) is 10.5. The topological polar surface area (TPSA) is 129 Å². The van der Waals surface area contributed by atoms with E-state index in [-0.39, 0.29) is 36.5 Å². The van der Waals surface area contributed by atoms with Crippen LogP contribution in [0.5, 0.6) is 0 Å². The summed E-state index contributed by atoms with van der Waals surface area (Å²) in [4.78, 5) is 41.3. The van der Waals surface area contributed by atoms with Gasteiger partial charge in [0, 0.05) is 12.8 Å². The summed E-state index contributed by atoms with van der Waals surface area (Å²) in [6.07, 6.45) is 7.34. The Balaban J connectivity index is 1.26. The number of hydrogen-bond donors (Lipinski definition) is 4. The van der Waals surface area contributed by atoms with Crippen LogP contribution in [0, 0.1) is 5.92 Å². The minimum Gasteiger partial charge on any atom is -0.340 e. The van der Waals surface area contributed by atoms with E-state index in [1.165, 1.54) is 25.7 Å². The van der Waals surface area contributed by atoms with Crippen molar-refractivity contribution >= 4 is 29.4 Å².